The molecular weight excluding hydrogens is 408 g/mol. The van der Waals surface area contributed by atoms with E-state index >= 15 is 0 Å². The smallest absolute Gasteiger partial charge is 0.244 e. The van der Waals surface area contributed by atoms with E-state index in [1.807, 2.05) is 6.07 Å². The first-order valence-electron chi connectivity index (χ1n) is 9.15. The molecule has 162 valence electrons. The normalized spacial score (nSPS) is 11.4. The predicted molar refractivity (Wildman–Crippen MR) is 114 cm³/mol. The van der Waals surface area contributed by atoms with Crippen LogP contribution in [0, 0.1) is 0 Å². The first-order valence-corrected chi connectivity index (χ1v) is 10.6. The fraction of sp³-hybridized carbons (Fsp3) is 0.286. The van der Waals surface area contributed by atoms with Crippen molar-refractivity contribution in [1.29, 1.82) is 0 Å². The number of methoxy groups -OCH3 is 3. The third-order valence-electron chi connectivity index (χ3n) is 4.13. The van der Waals surface area contributed by atoms with Crippen LogP contribution < -0.4 is 19.5 Å². The highest BCUT2D eigenvalue weighted by Gasteiger charge is 2.12. The van der Waals surface area contributed by atoms with Crippen molar-refractivity contribution in [3.63, 3.8) is 0 Å². The predicted octanol–water partition coefficient (Wildman–Crippen LogP) is 1.96. The van der Waals surface area contributed by atoms with Crippen molar-refractivity contribution in [2.45, 2.75) is 11.4 Å². The van der Waals surface area contributed by atoms with Crippen LogP contribution in [0.15, 0.2) is 53.4 Å². The summed E-state index contributed by atoms with van der Waals surface area (Å²) in [4.78, 5) is 12.2. The number of amides is 1. The molecule has 0 radical (unpaired) electrons. The van der Waals surface area contributed by atoms with Gasteiger partial charge in [0.05, 0.1) is 25.7 Å². The van der Waals surface area contributed by atoms with Crippen LogP contribution >= 0.6 is 0 Å². The topological polar surface area (TPSA) is 103 Å². The van der Waals surface area contributed by atoms with Crippen molar-refractivity contribution in [2.75, 3.05) is 34.5 Å². The van der Waals surface area contributed by atoms with Gasteiger partial charge in [0.25, 0.3) is 0 Å². The van der Waals surface area contributed by atoms with E-state index in [-0.39, 0.29) is 23.9 Å². The molecule has 2 aromatic carbocycles. The van der Waals surface area contributed by atoms with E-state index in [0.717, 1.165) is 11.1 Å². The zero-order valence-electron chi connectivity index (χ0n) is 17.2. The zero-order valence-corrected chi connectivity index (χ0v) is 18.0. The molecule has 1 amide bonds. The third-order valence-corrected chi connectivity index (χ3v) is 5.61. The lowest BCUT2D eigenvalue weighted by Crippen LogP contribution is -2.27. The van der Waals surface area contributed by atoms with E-state index in [0.29, 0.717) is 18.1 Å². The zero-order chi connectivity index (χ0) is 22.0. The maximum absolute atomic E-state index is 12.1. The van der Waals surface area contributed by atoms with E-state index in [1.165, 1.54) is 25.3 Å². The number of hydrogen-bond acceptors (Lipinski definition) is 6. The average molecular weight is 435 g/mol. The minimum absolute atomic E-state index is 0.155. The maximum atomic E-state index is 12.1. The van der Waals surface area contributed by atoms with Crippen molar-refractivity contribution in [3.8, 4) is 11.5 Å². The van der Waals surface area contributed by atoms with Gasteiger partial charge in [-0.1, -0.05) is 18.2 Å². The molecule has 0 fully saturated rings. The number of rotatable bonds is 11. The van der Waals surface area contributed by atoms with Gasteiger partial charge in [0.2, 0.25) is 15.9 Å². The molecule has 0 atom stereocenters. The van der Waals surface area contributed by atoms with Gasteiger partial charge in [-0.15, -0.1) is 0 Å². The molecule has 8 nitrogen and oxygen atoms in total. The molecule has 0 aliphatic carbocycles. The molecule has 0 bridgehead atoms. The molecule has 9 heteroatoms. The van der Waals surface area contributed by atoms with Crippen LogP contribution in [0.1, 0.15) is 11.1 Å². The first-order chi connectivity index (χ1) is 14.4. The van der Waals surface area contributed by atoms with Crippen LogP contribution in [0.4, 0.5) is 0 Å². The molecule has 0 saturated carbocycles. The molecule has 0 spiro atoms. The molecule has 2 N–H and O–H groups in total. The van der Waals surface area contributed by atoms with E-state index in [2.05, 4.69) is 10.0 Å². The van der Waals surface area contributed by atoms with Gasteiger partial charge < -0.3 is 19.5 Å². The van der Waals surface area contributed by atoms with Gasteiger partial charge in [0.1, 0.15) is 0 Å². The van der Waals surface area contributed by atoms with Crippen LogP contribution in [0.25, 0.3) is 6.08 Å². The lowest BCUT2D eigenvalue weighted by molar-refractivity contribution is -0.116. The van der Waals surface area contributed by atoms with Crippen molar-refractivity contribution >= 4 is 22.0 Å². The quantitative estimate of drug-likeness (QED) is 0.414. The van der Waals surface area contributed by atoms with E-state index in [4.69, 9.17) is 14.2 Å². The number of nitrogens with one attached hydrogen (secondary N) is 2. The highest BCUT2D eigenvalue weighted by Crippen LogP contribution is 2.27. The Morgan fingerprint density at radius 2 is 1.70 bits per heavy atom. The molecule has 0 aliphatic rings. The van der Waals surface area contributed by atoms with E-state index in [1.54, 1.807) is 44.6 Å². The van der Waals surface area contributed by atoms with Crippen molar-refractivity contribution in [3.05, 3.63) is 59.7 Å². The van der Waals surface area contributed by atoms with Crippen LogP contribution in [0.2, 0.25) is 0 Å². The number of benzene rings is 2. The second kappa shape index (κ2) is 11.3. The van der Waals surface area contributed by atoms with Crippen LogP contribution in [0.3, 0.4) is 0 Å². The lowest BCUT2D eigenvalue weighted by atomic mass is 10.2. The summed E-state index contributed by atoms with van der Waals surface area (Å²) in [5, 5.41) is 2.76. The van der Waals surface area contributed by atoms with Crippen LogP contribution in [-0.4, -0.2) is 48.8 Å². The Labute approximate surface area is 176 Å². The largest absolute Gasteiger partial charge is 0.493 e. The van der Waals surface area contributed by atoms with E-state index in [9.17, 15) is 13.2 Å². The molecule has 0 unspecified atom stereocenters. The Bertz CT molecular complexity index is 971. The fourth-order valence-electron chi connectivity index (χ4n) is 2.52. The Morgan fingerprint density at radius 1 is 1.00 bits per heavy atom. The summed E-state index contributed by atoms with van der Waals surface area (Å²) >= 11 is 0. The van der Waals surface area contributed by atoms with Gasteiger partial charge in [0.15, 0.2) is 11.5 Å². The second-order valence-electron chi connectivity index (χ2n) is 6.20. The fourth-order valence-corrected chi connectivity index (χ4v) is 3.54. The van der Waals surface area contributed by atoms with Crippen LogP contribution in [0.5, 0.6) is 11.5 Å². The van der Waals surface area contributed by atoms with Gasteiger partial charge in [-0.2, -0.15) is 0 Å². The monoisotopic (exact) mass is 434 g/mol. The Morgan fingerprint density at radius 3 is 2.33 bits per heavy atom. The molecule has 2 rings (SSSR count). The summed E-state index contributed by atoms with van der Waals surface area (Å²) in [6.45, 7) is 0.760. The van der Waals surface area contributed by atoms with Gasteiger partial charge in [0, 0.05) is 26.3 Å². The van der Waals surface area contributed by atoms with E-state index < -0.39 is 10.0 Å². The van der Waals surface area contributed by atoms with Crippen molar-refractivity contribution in [2.24, 2.45) is 0 Å². The molecular formula is C21H26N2O6S. The minimum atomic E-state index is -3.58. The molecule has 0 aliphatic heterocycles. The average Bonchev–Trinajstić information content (AvgIpc) is 2.76. The lowest BCUT2D eigenvalue weighted by Gasteiger charge is -2.08. The SMILES string of the molecule is COCCNS(=O)(=O)c1ccc(CNC(=O)/C=C/c2ccc(OC)c(OC)c2)cc1. The highest BCUT2D eigenvalue weighted by molar-refractivity contribution is 7.89. The summed E-state index contributed by atoms with van der Waals surface area (Å²) in [5.41, 5.74) is 1.57. The molecule has 2 aromatic rings. The molecule has 0 saturated heterocycles. The summed E-state index contributed by atoms with van der Waals surface area (Å²) in [6, 6.07) is 11.6. The van der Waals surface area contributed by atoms with Gasteiger partial charge in [-0.25, -0.2) is 13.1 Å². The Balaban J connectivity index is 1.91. The van der Waals surface area contributed by atoms with Gasteiger partial charge in [-0.3, -0.25) is 4.79 Å². The van der Waals surface area contributed by atoms with Crippen LogP contribution in [-0.2, 0) is 26.1 Å². The van der Waals surface area contributed by atoms with Crippen molar-refractivity contribution < 1.29 is 27.4 Å². The van der Waals surface area contributed by atoms with Gasteiger partial charge >= 0.3 is 0 Å². The standard InChI is InChI=1S/C21H26N2O6S/c1-27-13-12-23-30(25,26)18-8-4-17(5-9-18)15-22-21(24)11-7-16-6-10-19(28-2)20(14-16)29-3/h4-11,14,23H,12-13,15H2,1-3H3,(H,22,24)/b11-7+. The molecule has 0 heterocycles. The Kier molecular flexibility index (Phi) is 8.85. The Hall–Kier alpha value is -2.88. The summed E-state index contributed by atoms with van der Waals surface area (Å²) < 4.78 is 42.0. The second-order valence-corrected chi connectivity index (χ2v) is 7.97. The number of carbonyl (C=O) groups excluding carboxylic acids is 1. The maximum Gasteiger partial charge on any atom is 0.244 e. The highest BCUT2D eigenvalue weighted by atomic mass is 32.2. The molecule has 0 aromatic heterocycles. The number of hydrogen-bond donors (Lipinski definition) is 2. The third kappa shape index (κ3) is 6.87. The van der Waals surface area contributed by atoms with Gasteiger partial charge in [-0.05, 0) is 41.5 Å². The summed E-state index contributed by atoms with van der Waals surface area (Å²) in [5.74, 6) is 0.910. The first kappa shape index (κ1) is 23.4. The minimum Gasteiger partial charge on any atom is -0.493 e. The summed E-state index contributed by atoms with van der Waals surface area (Å²) in [6.07, 6.45) is 3.08. The molecule has 30 heavy (non-hydrogen) atoms. The van der Waals surface area contributed by atoms with Crippen molar-refractivity contribution in [1.82, 2.24) is 10.0 Å². The number of ether oxygens (including phenoxy) is 3. The summed E-state index contributed by atoms with van der Waals surface area (Å²) in [7, 11) is 1.02. The number of carbonyl (C=O) groups is 1. The number of sulfonamides is 1.